The topological polar surface area (TPSA) is 43.8 Å². The molecule has 0 spiro atoms. The van der Waals surface area contributed by atoms with Gasteiger partial charge in [0.25, 0.3) is 0 Å². The molecular formula is C18H30N2O2. The van der Waals surface area contributed by atoms with Crippen molar-refractivity contribution in [2.75, 3.05) is 33.7 Å². The summed E-state index contributed by atoms with van der Waals surface area (Å²) in [6.45, 7) is 9.58. The SMILES string of the molecule is CC(CN(C)CC(C)(C)CN(C)Cc1ccccc1)C(=O)O. The zero-order valence-corrected chi connectivity index (χ0v) is 14.5. The first-order chi connectivity index (χ1) is 10.2. The van der Waals surface area contributed by atoms with Gasteiger partial charge in [0, 0.05) is 26.2 Å². The van der Waals surface area contributed by atoms with E-state index in [1.54, 1.807) is 6.92 Å². The van der Waals surface area contributed by atoms with E-state index in [0.717, 1.165) is 19.6 Å². The van der Waals surface area contributed by atoms with Crippen LogP contribution in [0.25, 0.3) is 0 Å². The second-order valence-electron chi connectivity index (χ2n) is 7.26. The molecule has 0 radical (unpaired) electrons. The quantitative estimate of drug-likeness (QED) is 0.762. The van der Waals surface area contributed by atoms with Crippen LogP contribution in [0.4, 0.5) is 0 Å². The summed E-state index contributed by atoms with van der Waals surface area (Å²) < 4.78 is 0. The highest BCUT2D eigenvalue weighted by atomic mass is 16.4. The van der Waals surface area contributed by atoms with Gasteiger partial charge in [0.05, 0.1) is 5.92 Å². The molecule has 1 unspecified atom stereocenters. The van der Waals surface area contributed by atoms with Gasteiger partial charge in [0.2, 0.25) is 0 Å². The van der Waals surface area contributed by atoms with Gasteiger partial charge in [0.15, 0.2) is 0 Å². The second kappa shape index (κ2) is 8.30. The van der Waals surface area contributed by atoms with Crippen molar-refractivity contribution in [3.05, 3.63) is 35.9 Å². The number of carboxylic acids is 1. The number of aliphatic carboxylic acids is 1. The number of carboxylic acid groups (broad SMARTS) is 1. The molecule has 1 aromatic rings. The lowest BCUT2D eigenvalue weighted by atomic mass is 9.91. The molecule has 0 aliphatic heterocycles. The van der Waals surface area contributed by atoms with E-state index in [1.807, 2.05) is 13.1 Å². The van der Waals surface area contributed by atoms with Crippen LogP contribution >= 0.6 is 0 Å². The highest BCUT2D eigenvalue weighted by Crippen LogP contribution is 2.19. The van der Waals surface area contributed by atoms with E-state index in [2.05, 4.69) is 55.0 Å². The summed E-state index contributed by atoms with van der Waals surface area (Å²) >= 11 is 0. The number of hydrogen-bond donors (Lipinski definition) is 1. The monoisotopic (exact) mass is 306 g/mol. The van der Waals surface area contributed by atoms with Gasteiger partial charge in [-0.3, -0.25) is 4.79 Å². The molecule has 124 valence electrons. The van der Waals surface area contributed by atoms with E-state index >= 15 is 0 Å². The van der Waals surface area contributed by atoms with E-state index in [1.165, 1.54) is 5.56 Å². The maximum absolute atomic E-state index is 10.9. The van der Waals surface area contributed by atoms with Crippen LogP contribution in [-0.4, -0.2) is 54.6 Å². The molecule has 0 saturated heterocycles. The molecule has 0 bridgehead atoms. The average Bonchev–Trinajstić information content (AvgIpc) is 2.37. The molecule has 1 rings (SSSR count). The summed E-state index contributed by atoms with van der Waals surface area (Å²) in [5, 5.41) is 9.00. The summed E-state index contributed by atoms with van der Waals surface area (Å²) in [6, 6.07) is 10.4. The Kier molecular flexibility index (Phi) is 7.04. The Bertz CT molecular complexity index is 459. The van der Waals surface area contributed by atoms with Gasteiger partial charge in [-0.2, -0.15) is 0 Å². The Morgan fingerprint density at radius 1 is 1.14 bits per heavy atom. The van der Waals surface area contributed by atoms with Crippen LogP contribution < -0.4 is 0 Å². The van der Waals surface area contributed by atoms with Crippen molar-refractivity contribution in [2.45, 2.75) is 27.3 Å². The fraction of sp³-hybridized carbons (Fsp3) is 0.611. The summed E-state index contributed by atoms with van der Waals surface area (Å²) in [6.07, 6.45) is 0. The number of hydrogen-bond acceptors (Lipinski definition) is 3. The van der Waals surface area contributed by atoms with Gasteiger partial charge in [-0.15, -0.1) is 0 Å². The molecule has 1 N–H and O–H groups in total. The normalized spacial score (nSPS) is 13.6. The van der Waals surface area contributed by atoms with Crippen molar-refractivity contribution in [1.29, 1.82) is 0 Å². The van der Waals surface area contributed by atoms with Crippen molar-refractivity contribution in [3.63, 3.8) is 0 Å². The molecular weight excluding hydrogens is 276 g/mol. The summed E-state index contributed by atoms with van der Waals surface area (Å²) in [5.74, 6) is -1.06. The maximum atomic E-state index is 10.9. The van der Waals surface area contributed by atoms with E-state index in [9.17, 15) is 4.79 Å². The number of carbonyl (C=O) groups is 1. The van der Waals surface area contributed by atoms with Crippen LogP contribution in [0.1, 0.15) is 26.3 Å². The third-order valence-electron chi connectivity index (χ3n) is 3.70. The fourth-order valence-corrected chi connectivity index (χ4v) is 3.07. The lowest BCUT2D eigenvalue weighted by molar-refractivity contribution is -0.141. The predicted molar refractivity (Wildman–Crippen MR) is 90.9 cm³/mol. The first-order valence-electron chi connectivity index (χ1n) is 7.83. The van der Waals surface area contributed by atoms with Gasteiger partial charge in [-0.1, -0.05) is 51.1 Å². The van der Waals surface area contributed by atoms with Crippen LogP contribution in [0.2, 0.25) is 0 Å². The van der Waals surface area contributed by atoms with Crippen LogP contribution in [0.5, 0.6) is 0 Å². The molecule has 0 heterocycles. The van der Waals surface area contributed by atoms with Crippen molar-refractivity contribution in [3.8, 4) is 0 Å². The molecule has 0 amide bonds. The smallest absolute Gasteiger partial charge is 0.307 e. The third-order valence-corrected chi connectivity index (χ3v) is 3.70. The van der Waals surface area contributed by atoms with Gasteiger partial charge in [-0.05, 0) is 25.1 Å². The Morgan fingerprint density at radius 2 is 1.68 bits per heavy atom. The van der Waals surface area contributed by atoms with E-state index in [4.69, 9.17) is 5.11 Å². The van der Waals surface area contributed by atoms with E-state index in [-0.39, 0.29) is 11.3 Å². The Balaban J connectivity index is 2.46. The Hall–Kier alpha value is -1.39. The first-order valence-corrected chi connectivity index (χ1v) is 7.83. The van der Waals surface area contributed by atoms with Gasteiger partial charge in [-0.25, -0.2) is 0 Å². The highest BCUT2D eigenvalue weighted by Gasteiger charge is 2.24. The molecule has 0 aromatic heterocycles. The molecule has 0 fully saturated rings. The van der Waals surface area contributed by atoms with Crippen molar-refractivity contribution >= 4 is 5.97 Å². The Labute approximate surface area is 134 Å². The molecule has 0 saturated carbocycles. The molecule has 1 aromatic carbocycles. The standard InChI is InChI=1S/C18H30N2O2/c1-15(17(21)22)11-19(4)13-18(2,3)14-20(5)12-16-9-7-6-8-10-16/h6-10,15H,11-14H2,1-5H3,(H,21,22). The van der Waals surface area contributed by atoms with Gasteiger partial charge in [0.1, 0.15) is 0 Å². The number of benzene rings is 1. The summed E-state index contributed by atoms with van der Waals surface area (Å²) in [7, 11) is 4.13. The number of nitrogens with zero attached hydrogens (tertiary/aromatic N) is 2. The summed E-state index contributed by atoms with van der Waals surface area (Å²) in [5.41, 5.74) is 1.42. The minimum atomic E-state index is -0.731. The minimum Gasteiger partial charge on any atom is -0.481 e. The molecule has 0 aliphatic rings. The van der Waals surface area contributed by atoms with E-state index < -0.39 is 5.97 Å². The van der Waals surface area contributed by atoms with Crippen LogP contribution in [-0.2, 0) is 11.3 Å². The van der Waals surface area contributed by atoms with Crippen LogP contribution in [0, 0.1) is 11.3 Å². The third kappa shape index (κ3) is 7.05. The zero-order chi connectivity index (χ0) is 16.8. The average molecular weight is 306 g/mol. The van der Waals surface area contributed by atoms with Crippen molar-refractivity contribution in [1.82, 2.24) is 9.80 Å². The van der Waals surface area contributed by atoms with Gasteiger partial charge < -0.3 is 14.9 Å². The van der Waals surface area contributed by atoms with Crippen molar-refractivity contribution < 1.29 is 9.90 Å². The molecule has 0 aliphatic carbocycles. The molecule has 4 nitrogen and oxygen atoms in total. The summed E-state index contributed by atoms with van der Waals surface area (Å²) in [4.78, 5) is 15.4. The number of rotatable bonds is 9. The lowest BCUT2D eigenvalue weighted by Crippen LogP contribution is -2.41. The largest absolute Gasteiger partial charge is 0.481 e. The second-order valence-corrected chi connectivity index (χ2v) is 7.26. The molecule has 4 heteroatoms. The van der Waals surface area contributed by atoms with Crippen LogP contribution in [0.3, 0.4) is 0 Å². The zero-order valence-electron chi connectivity index (χ0n) is 14.5. The van der Waals surface area contributed by atoms with Crippen LogP contribution in [0.15, 0.2) is 30.3 Å². The highest BCUT2D eigenvalue weighted by molar-refractivity contribution is 5.69. The fourth-order valence-electron chi connectivity index (χ4n) is 3.07. The van der Waals surface area contributed by atoms with Gasteiger partial charge >= 0.3 is 5.97 Å². The molecule has 22 heavy (non-hydrogen) atoms. The minimum absolute atomic E-state index is 0.108. The predicted octanol–water partition coefficient (Wildman–Crippen LogP) is 2.80. The first kappa shape index (κ1) is 18.7. The Morgan fingerprint density at radius 3 is 2.23 bits per heavy atom. The van der Waals surface area contributed by atoms with Crippen molar-refractivity contribution in [2.24, 2.45) is 11.3 Å². The lowest BCUT2D eigenvalue weighted by Gasteiger charge is -2.34. The van der Waals surface area contributed by atoms with E-state index in [0.29, 0.717) is 6.54 Å². The molecule has 1 atom stereocenters. The maximum Gasteiger partial charge on any atom is 0.307 e.